The van der Waals surface area contributed by atoms with E-state index in [1.807, 2.05) is 13.0 Å². The zero-order valence-electron chi connectivity index (χ0n) is 7.54. The Bertz CT molecular complexity index is 410. The van der Waals surface area contributed by atoms with Gasteiger partial charge in [-0.2, -0.15) is 0 Å². The van der Waals surface area contributed by atoms with Crippen LogP contribution in [0.1, 0.15) is 18.1 Å². The van der Waals surface area contributed by atoms with E-state index < -0.39 is 9.05 Å². The maximum Gasteiger partial charge on any atom is 0.261 e. The summed E-state index contributed by atoms with van der Waals surface area (Å²) in [5.74, 6) is 0. The first-order chi connectivity index (χ1) is 5.96. The second-order valence-corrected chi connectivity index (χ2v) is 5.36. The molecule has 0 N–H and O–H groups in total. The number of aryl methyl sites for hydroxylation is 2. The van der Waals surface area contributed by atoms with Crippen LogP contribution >= 0.6 is 10.7 Å². The number of halogens is 1. The van der Waals surface area contributed by atoms with Gasteiger partial charge in [-0.15, -0.1) is 0 Å². The minimum absolute atomic E-state index is 0.263. The molecule has 0 saturated carbocycles. The summed E-state index contributed by atoms with van der Waals surface area (Å²) < 4.78 is 22.4. The van der Waals surface area contributed by atoms with Gasteiger partial charge in [-0.1, -0.05) is 25.1 Å². The molecule has 0 bridgehead atoms. The van der Waals surface area contributed by atoms with Crippen molar-refractivity contribution in [3.8, 4) is 0 Å². The first kappa shape index (κ1) is 10.5. The highest BCUT2D eigenvalue weighted by Gasteiger charge is 2.16. The molecule has 0 heterocycles. The van der Waals surface area contributed by atoms with Crippen molar-refractivity contribution in [1.29, 1.82) is 0 Å². The van der Waals surface area contributed by atoms with Crippen LogP contribution in [-0.2, 0) is 15.5 Å². The molecule has 0 atom stereocenters. The van der Waals surface area contributed by atoms with Crippen LogP contribution in [0, 0.1) is 6.92 Å². The van der Waals surface area contributed by atoms with E-state index in [0.29, 0.717) is 12.0 Å². The summed E-state index contributed by atoms with van der Waals surface area (Å²) in [7, 11) is 1.72. The molecule has 0 spiro atoms. The van der Waals surface area contributed by atoms with Gasteiger partial charge in [0.1, 0.15) is 0 Å². The third-order valence-electron chi connectivity index (χ3n) is 1.92. The van der Waals surface area contributed by atoms with E-state index in [4.69, 9.17) is 10.7 Å². The van der Waals surface area contributed by atoms with Gasteiger partial charge < -0.3 is 0 Å². The summed E-state index contributed by atoms with van der Waals surface area (Å²) in [5.41, 5.74) is 1.48. The second kappa shape index (κ2) is 3.68. The van der Waals surface area contributed by atoms with Gasteiger partial charge in [0.2, 0.25) is 0 Å². The third-order valence-corrected chi connectivity index (χ3v) is 3.45. The van der Waals surface area contributed by atoms with Crippen molar-refractivity contribution in [1.82, 2.24) is 0 Å². The van der Waals surface area contributed by atoms with Crippen LogP contribution in [0.25, 0.3) is 0 Å². The molecule has 2 nitrogen and oxygen atoms in total. The maximum atomic E-state index is 11.2. The van der Waals surface area contributed by atoms with Crippen molar-refractivity contribution in [3.63, 3.8) is 0 Å². The highest BCUT2D eigenvalue weighted by atomic mass is 35.7. The number of hydrogen-bond donors (Lipinski definition) is 0. The Balaban J connectivity index is 3.50. The minimum atomic E-state index is -3.60. The van der Waals surface area contributed by atoms with Gasteiger partial charge in [-0.25, -0.2) is 8.42 Å². The molecule has 0 fully saturated rings. The van der Waals surface area contributed by atoms with Crippen molar-refractivity contribution < 1.29 is 8.42 Å². The van der Waals surface area contributed by atoms with Crippen molar-refractivity contribution in [3.05, 3.63) is 29.3 Å². The number of hydrogen-bond acceptors (Lipinski definition) is 2. The van der Waals surface area contributed by atoms with Crippen LogP contribution in [0.3, 0.4) is 0 Å². The molecule has 0 aliphatic rings. The van der Waals surface area contributed by atoms with E-state index in [1.165, 1.54) is 0 Å². The molecule has 0 aliphatic heterocycles. The highest BCUT2D eigenvalue weighted by Crippen LogP contribution is 2.24. The first-order valence-electron chi connectivity index (χ1n) is 4.00. The maximum absolute atomic E-state index is 11.2. The van der Waals surface area contributed by atoms with Crippen LogP contribution in [-0.4, -0.2) is 8.42 Å². The zero-order chi connectivity index (χ0) is 10.1. The smallest absolute Gasteiger partial charge is 0.207 e. The Labute approximate surface area is 83.0 Å². The predicted octanol–water partition coefficient (Wildman–Crippen LogP) is 2.48. The Hall–Kier alpha value is -0.540. The molecule has 1 aromatic carbocycles. The lowest BCUT2D eigenvalue weighted by atomic mass is 10.1. The van der Waals surface area contributed by atoms with Gasteiger partial charge in [-0.3, -0.25) is 0 Å². The number of benzene rings is 1. The summed E-state index contributed by atoms with van der Waals surface area (Å²) in [5, 5.41) is 0. The van der Waals surface area contributed by atoms with Gasteiger partial charge >= 0.3 is 0 Å². The molecule has 0 aliphatic carbocycles. The van der Waals surface area contributed by atoms with Gasteiger partial charge in [-0.05, 0) is 24.5 Å². The monoisotopic (exact) mass is 218 g/mol. The summed E-state index contributed by atoms with van der Waals surface area (Å²) >= 11 is 0. The lowest BCUT2D eigenvalue weighted by molar-refractivity contribution is 0.608. The van der Waals surface area contributed by atoms with Crippen molar-refractivity contribution >= 4 is 19.7 Å². The van der Waals surface area contributed by atoms with Crippen LogP contribution in [0.5, 0.6) is 0 Å². The fraction of sp³-hybridized carbons (Fsp3) is 0.333. The Morgan fingerprint density at radius 3 is 2.38 bits per heavy atom. The van der Waals surface area contributed by atoms with Gasteiger partial charge in [0.05, 0.1) is 4.90 Å². The summed E-state index contributed by atoms with van der Waals surface area (Å²) in [6, 6.07) is 5.36. The molecule has 0 saturated heterocycles. The predicted molar refractivity (Wildman–Crippen MR) is 53.6 cm³/mol. The van der Waals surface area contributed by atoms with Crippen LogP contribution in [0.2, 0.25) is 0 Å². The Morgan fingerprint density at radius 1 is 1.38 bits per heavy atom. The van der Waals surface area contributed by atoms with E-state index in [-0.39, 0.29) is 4.90 Å². The van der Waals surface area contributed by atoms with E-state index in [9.17, 15) is 8.42 Å². The lowest BCUT2D eigenvalue weighted by Gasteiger charge is -2.06. The fourth-order valence-electron chi connectivity index (χ4n) is 1.34. The standard InChI is InChI=1S/C9H11ClO2S/c1-3-8-6-4-5-7(2)9(8)13(10,11)12/h4-6H,3H2,1-2H3. The molecule has 1 rings (SSSR count). The van der Waals surface area contributed by atoms with Gasteiger partial charge in [0, 0.05) is 10.7 Å². The molecular weight excluding hydrogens is 208 g/mol. The second-order valence-electron chi connectivity index (χ2n) is 2.85. The molecule has 0 radical (unpaired) electrons. The van der Waals surface area contributed by atoms with Crippen molar-refractivity contribution in [2.45, 2.75) is 25.2 Å². The Kier molecular flexibility index (Phi) is 2.98. The fourth-order valence-corrected chi connectivity index (χ4v) is 2.98. The van der Waals surface area contributed by atoms with Crippen molar-refractivity contribution in [2.75, 3.05) is 0 Å². The SMILES string of the molecule is CCc1cccc(C)c1S(=O)(=O)Cl. The van der Waals surface area contributed by atoms with Crippen LogP contribution < -0.4 is 0 Å². The summed E-state index contributed by atoms with van der Waals surface area (Å²) in [6.07, 6.45) is 0.670. The highest BCUT2D eigenvalue weighted by molar-refractivity contribution is 8.13. The molecular formula is C9H11ClO2S. The normalized spacial score (nSPS) is 11.6. The largest absolute Gasteiger partial charge is 0.261 e. The molecule has 13 heavy (non-hydrogen) atoms. The minimum Gasteiger partial charge on any atom is -0.207 e. The molecule has 1 aromatic rings. The molecule has 0 aromatic heterocycles. The van der Waals surface area contributed by atoms with Crippen molar-refractivity contribution in [2.24, 2.45) is 0 Å². The van der Waals surface area contributed by atoms with Gasteiger partial charge in [0.25, 0.3) is 9.05 Å². The Morgan fingerprint density at radius 2 is 2.00 bits per heavy atom. The zero-order valence-corrected chi connectivity index (χ0v) is 9.11. The average Bonchev–Trinajstić information content (AvgIpc) is 2.01. The van der Waals surface area contributed by atoms with E-state index >= 15 is 0 Å². The molecule has 4 heteroatoms. The average molecular weight is 219 g/mol. The van der Waals surface area contributed by atoms with E-state index in [1.54, 1.807) is 19.1 Å². The topological polar surface area (TPSA) is 34.1 Å². The lowest BCUT2D eigenvalue weighted by Crippen LogP contribution is -1.99. The molecule has 0 amide bonds. The molecule has 0 unspecified atom stereocenters. The molecule has 72 valence electrons. The third kappa shape index (κ3) is 2.23. The van der Waals surface area contributed by atoms with Gasteiger partial charge in [0.15, 0.2) is 0 Å². The van der Waals surface area contributed by atoms with Crippen LogP contribution in [0.4, 0.5) is 0 Å². The van der Waals surface area contributed by atoms with E-state index in [0.717, 1.165) is 5.56 Å². The summed E-state index contributed by atoms with van der Waals surface area (Å²) in [4.78, 5) is 0.263. The van der Waals surface area contributed by atoms with E-state index in [2.05, 4.69) is 0 Å². The summed E-state index contributed by atoms with van der Waals surface area (Å²) in [6.45, 7) is 3.65. The number of rotatable bonds is 2. The quantitative estimate of drug-likeness (QED) is 0.715. The van der Waals surface area contributed by atoms with Crippen LogP contribution in [0.15, 0.2) is 23.1 Å². The first-order valence-corrected chi connectivity index (χ1v) is 6.31.